The van der Waals surface area contributed by atoms with Crippen molar-refractivity contribution < 1.29 is 0 Å². The van der Waals surface area contributed by atoms with Gasteiger partial charge in [0.25, 0.3) is 0 Å². The second kappa shape index (κ2) is 5.00. The Balaban J connectivity index is 0.000000101. The van der Waals surface area contributed by atoms with Crippen molar-refractivity contribution in [1.29, 1.82) is 0 Å². The van der Waals surface area contributed by atoms with E-state index in [1.54, 1.807) is 0 Å². The van der Waals surface area contributed by atoms with E-state index in [2.05, 4.69) is 19.6 Å². The zero-order valence-electron chi connectivity index (χ0n) is 10.3. The first-order valence-electron chi connectivity index (χ1n) is 6.79. The Bertz CT molecular complexity index is 147. The summed E-state index contributed by atoms with van der Waals surface area (Å²) in [4.78, 5) is 10.2. The second-order valence-corrected chi connectivity index (χ2v) is 5.37. The fourth-order valence-electron chi connectivity index (χ4n) is 3.04. The molecule has 0 amide bonds. The highest BCUT2D eigenvalue weighted by atomic mass is 15.3. The van der Waals surface area contributed by atoms with E-state index in [0.29, 0.717) is 0 Å². The molecule has 0 N–H and O–H groups in total. The molecule has 0 aromatic heterocycles. The zero-order valence-corrected chi connectivity index (χ0v) is 10.3. The van der Waals surface area contributed by atoms with Crippen LogP contribution in [0.2, 0.25) is 0 Å². The van der Waals surface area contributed by atoms with Crippen molar-refractivity contribution in [2.24, 2.45) is 0 Å². The lowest BCUT2D eigenvalue weighted by Crippen LogP contribution is -2.55. The number of rotatable bonds is 0. The summed E-state index contributed by atoms with van der Waals surface area (Å²) < 4.78 is 0. The number of nitrogens with zero attached hydrogens (tertiary/aromatic N) is 4. The molecule has 0 radical (unpaired) electrons. The van der Waals surface area contributed by atoms with E-state index in [4.69, 9.17) is 0 Å². The van der Waals surface area contributed by atoms with Crippen LogP contribution in [0, 0.1) is 0 Å². The minimum Gasteiger partial charge on any atom is -0.300 e. The Kier molecular flexibility index (Phi) is 3.43. The van der Waals surface area contributed by atoms with Crippen LogP contribution in [0.15, 0.2) is 0 Å². The van der Waals surface area contributed by atoms with Crippen LogP contribution in [-0.2, 0) is 0 Å². The van der Waals surface area contributed by atoms with Crippen LogP contribution in [-0.4, -0.2) is 98.1 Å². The van der Waals surface area contributed by atoms with Crippen LogP contribution < -0.4 is 0 Å². The SMILES string of the molecule is C1CN2CCN1CC2.C1CN2CCN1CC2. The normalized spacial score (nSPS) is 45.0. The van der Waals surface area contributed by atoms with Gasteiger partial charge in [0.15, 0.2) is 0 Å². The Morgan fingerprint density at radius 1 is 0.250 bits per heavy atom. The molecule has 0 saturated carbocycles. The van der Waals surface area contributed by atoms with E-state index >= 15 is 0 Å². The summed E-state index contributed by atoms with van der Waals surface area (Å²) in [5.74, 6) is 0. The molecule has 0 spiro atoms. The maximum Gasteiger partial charge on any atom is 0.0110 e. The Morgan fingerprint density at radius 3 is 0.438 bits per heavy atom. The summed E-state index contributed by atoms with van der Waals surface area (Å²) in [7, 11) is 0. The molecule has 0 aromatic carbocycles. The molecule has 6 rings (SSSR count). The maximum absolute atomic E-state index is 2.54. The molecule has 0 aromatic rings. The van der Waals surface area contributed by atoms with Crippen molar-refractivity contribution in [2.75, 3.05) is 78.5 Å². The third kappa shape index (κ3) is 2.56. The summed E-state index contributed by atoms with van der Waals surface area (Å²) in [6.07, 6.45) is 0. The average molecular weight is 224 g/mol. The molecule has 0 atom stereocenters. The molecule has 0 unspecified atom stereocenters. The average Bonchev–Trinajstić information content (AvgIpc) is 2.44. The van der Waals surface area contributed by atoms with E-state index in [1.165, 1.54) is 78.5 Å². The van der Waals surface area contributed by atoms with Gasteiger partial charge in [-0.1, -0.05) is 0 Å². The van der Waals surface area contributed by atoms with Crippen molar-refractivity contribution in [1.82, 2.24) is 19.6 Å². The van der Waals surface area contributed by atoms with E-state index in [1.807, 2.05) is 0 Å². The number of hydrogen-bond donors (Lipinski definition) is 0. The highest BCUT2D eigenvalue weighted by Gasteiger charge is 2.22. The number of piperazine rings is 6. The second-order valence-electron chi connectivity index (χ2n) is 5.37. The van der Waals surface area contributed by atoms with Crippen LogP contribution in [0.5, 0.6) is 0 Å². The van der Waals surface area contributed by atoms with E-state index in [0.717, 1.165) is 0 Å². The first kappa shape index (κ1) is 11.0. The molecule has 4 nitrogen and oxygen atoms in total. The summed E-state index contributed by atoms with van der Waals surface area (Å²) >= 11 is 0. The quantitative estimate of drug-likeness (QED) is 0.536. The summed E-state index contributed by atoms with van der Waals surface area (Å²) in [5, 5.41) is 0. The van der Waals surface area contributed by atoms with Gasteiger partial charge >= 0.3 is 0 Å². The molecular formula is C12H24N4. The van der Waals surface area contributed by atoms with Crippen LogP contribution >= 0.6 is 0 Å². The lowest BCUT2D eigenvalue weighted by molar-refractivity contribution is 0.0647. The molecule has 0 aliphatic carbocycles. The predicted molar refractivity (Wildman–Crippen MR) is 65.8 cm³/mol. The van der Waals surface area contributed by atoms with Gasteiger partial charge in [-0.05, 0) is 0 Å². The summed E-state index contributed by atoms with van der Waals surface area (Å²) in [6, 6.07) is 0. The highest BCUT2D eigenvalue weighted by Crippen LogP contribution is 2.07. The first-order valence-corrected chi connectivity index (χ1v) is 6.79. The van der Waals surface area contributed by atoms with Gasteiger partial charge < -0.3 is 0 Å². The minimum absolute atomic E-state index is 1.32. The highest BCUT2D eigenvalue weighted by molar-refractivity contribution is 4.79. The van der Waals surface area contributed by atoms with Gasteiger partial charge in [0.2, 0.25) is 0 Å². The van der Waals surface area contributed by atoms with Crippen LogP contribution in [0.25, 0.3) is 0 Å². The standard InChI is InChI=1S/2C6H12N2/c2*1-2-8-5-3-7(1)4-6-8/h2*1-6H2. The van der Waals surface area contributed by atoms with Crippen molar-refractivity contribution in [3.63, 3.8) is 0 Å². The molecule has 4 heteroatoms. The van der Waals surface area contributed by atoms with Crippen LogP contribution in [0.1, 0.15) is 0 Å². The third-order valence-corrected chi connectivity index (χ3v) is 4.39. The number of fused-ring (bicyclic) bond motifs is 6. The molecule has 92 valence electrons. The lowest BCUT2D eigenvalue weighted by Gasteiger charge is -2.41. The van der Waals surface area contributed by atoms with Gasteiger partial charge in [-0.15, -0.1) is 0 Å². The topological polar surface area (TPSA) is 13.0 Å². The van der Waals surface area contributed by atoms with Crippen LogP contribution in [0.3, 0.4) is 0 Å². The van der Waals surface area contributed by atoms with E-state index in [9.17, 15) is 0 Å². The first-order chi connectivity index (χ1) is 7.90. The summed E-state index contributed by atoms with van der Waals surface area (Å²) in [6.45, 7) is 15.8. The van der Waals surface area contributed by atoms with Gasteiger partial charge in [0.1, 0.15) is 0 Å². The lowest BCUT2D eigenvalue weighted by atomic mass is 10.2. The van der Waals surface area contributed by atoms with Gasteiger partial charge in [-0.25, -0.2) is 0 Å². The number of hydrogen-bond acceptors (Lipinski definition) is 4. The molecular weight excluding hydrogens is 200 g/mol. The predicted octanol–water partition coefficient (Wildman–Crippen LogP) is -0.765. The smallest absolute Gasteiger partial charge is 0.0110 e. The van der Waals surface area contributed by atoms with E-state index in [-0.39, 0.29) is 0 Å². The summed E-state index contributed by atoms with van der Waals surface area (Å²) in [5.41, 5.74) is 0. The van der Waals surface area contributed by atoms with E-state index < -0.39 is 0 Å². The van der Waals surface area contributed by atoms with Gasteiger partial charge in [-0.3, -0.25) is 19.6 Å². The Morgan fingerprint density at radius 2 is 0.375 bits per heavy atom. The minimum atomic E-state index is 1.32. The molecule has 6 heterocycles. The fraction of sp³-hybridized carbons (Fsp3) is 1.00. The van der Waals surface area contributed by atoms with Crippen molar-refractivity contribution in [3.8, 4) is 0 Å². The molecule has 6 aliphatic rings. The maximum atomic E-state index is 2.54. The molecule has 6 aliphatic heterocycles. The molecule has 6 fully saturated rings. The Hall–Kier alpha value is -0.160. The monoisotopic (exact) mass is 224 g/mol. The third-order valence-electron chi connectivity index (χ3n) is 4.39. The van der Waals surface area contributed by atoms with Crippen LogP contribution in [0.4, 0.5) is 0 Å². The van der Waals surface area contributed by atoms with Gasteiger partial charge in [0.05, 0.1) is 0 Å². The molecule has 16 heavy (non-hydrogen) atoms. The van der Waals surface area contributed by atoms with Crippen molar-refractivity contribution in [3.05, 3.63) is 0 Å². The van der Waals surface area contributed by atoms with Crippen molar-refractivity contribution in [2.45, 2.75) is 0 Å². The largest absolute Gasteiger partial charge is 0.300 e. The Labute approximate surface area is 98.8 Å². The molecule has 4 bridgehead atoms. The van der Waals surface area contributed by atoms with Gasteiger partial charge in [-0.2, -0.15) is 0 Å². The molecule has 6 saturated heterocycles. The van der Waals surface area contributed by atoms with Gasteiger partial charge in [0, 0.05) is 78.5 Å². The zero-order chi connectivity index (χ0) is 10.8. The van der Waals surface area contributed by atoms with Crippen molar-refractivity contribution >= 4 is 0 Å². The fourth-order valence-corrected chi connectivity index (χ4v) is 3.04.